The largest absolute Gasteiger partial charge is 0.384 e. The van der Waals surface area contributed by atoms with Crippen molar-refractivity contribution in [3.8, 4) is 0 Å². The van der Waals surface area contributed by atoms with Crippen LogP contribution in [-0.4, -0.2) is 22.9 Å². The molecule has 4 heteroatoms. The van der Waals surface area contributed by atoms with Gasteiger partial charge in [-0.15, -0.1) is 0 Å². The maximum atomic E-state index is 12.3. The van der Waals surface area contributed by atoms with E-state index in [1.807, 2.05) is 6.07 Å². The van der Waals surface area contributed by atoms with Crippen LogP contribution in [0.1, 0.15) is 37.7 Å². The molecule has 2 fully saturated rings. The Morgan fingerprint density at radius 3 is 3.05 bits per heavy atom. The van der Waals surface area contributed by atoms with E-state index >= 15 is 0 Å². The number of Topliss-reactive ketones (excluding diaryl/α,β-unsaturated/α-hetero) is 1. The van der Waals surface area contributed by atoms with Crippen LogP contribution < -0.4 is 11.1 Å². The third-order valence-electron chi connectivity index (χ3n) is 4.48. The first kappa shape index (κ1) is 12.6. The van der Waals surface area contributed by atoms with Gasteiger partial charge in [0.25, 0.3) is 0 Å². The van der Waals surface area contributed by atoms with Gasteiger partial charge in [0, 0.05) is 18.7 Å². The predicted octanol–water partition coefficient (Wildman–Crippen LogP) is 1.70. The summed E-state index contributed by atoms with van der Waals surface area (Å²) in [6, 6.07) is 4.28. The number of carbonyl (C=O) groups is 1. The lowest BCUT2D eigenvalue weighted by molar-refractivity contribution is -0.120. The van der Waals surface area contributed by atoms with Gasteiger partial charge >= 0.3 is 0 Å². The number of nitrogen functional groups attached to an aromatic ring is 1. The third kappa shape index (κ3) is 2.78. The molecule has 102 valence electrons. The molecule has 3 rings (SSSR count). The molecule has 1 saturated heterocycles. The van der Waals surface area contributed by atoms with Crippen LogP contribution in [0.15, 0.2) is 18.3 Å². The van der Waals surface area contributed by atoms with E-state index in [0.717, 1.165) is 12.0 Å². The SMILES string of the molecule is Nc1cc(CC(=O)C2CC3CCCCC3N2)ccn1. The van der Waals surface area contributed by atoms with E-state index < -0.39 is 0 Å². The van der Waals surface area contributed by atoms with Crippen LogP contribution in [0, 0.1) is 5.92 Å². The Balaban J connectivity index is 1.62. The fourth-order valence-corrected chi connectivity index (χ4v) is 3.49. The van der Waals surface area contributed by atoms with E-state index in [1.165, 1.54) is 25.7 Å². The van der Waals surface area contributed by atoms with Gasteiger partial charge < -0.3 is 11.1 Å². The van der Waals surface area contributed by atoms with E-state index in [0.29, 0.717) is 30.0 Å². The summed E-state index contributed by atoms with van der Waals surface area (Å²) in [7, 11) is 0. The summed E-state index contributed by atoms with van der Waals surface area (Å²) in [5.41, 5.74) is 6.61. The summed E-state index contributed by atoms with van der Waals surface area (Å²) in [6.45, 7) is 0. The molecule has 1 aliphatic carbocycles. The zero-order chi connectivity index (χ0) is 13.2. The highest BCUT2D eigenvalue weighted by molar-refractivity contribution is 5.86. The Hall–Kier alpha value is -1.42. The van der Waals surface area contributed by atoms with Gasteiger partial charge in [0.1, 0.15) is 5.82 Å². The number of rotatable bonds is 3. The molecule has 3 atom stereocenters. The second-order valence-electron chi connectivity index (χ2n) is 5.84. The Bertz CT molecular complexity index is 460. The molecule has 1 saturated carbocycles. The number of nitrogens with zero attached hydrogens (tertiary/aromatic N) is 1. The zero-order valence-electron chi connectivity index (χ0n) is 11.1. The van der Waals surface area contributed by atoms with E-state index in [2.05, 4.69) is 10.3 Å². The van der Waals surface area contributed by atoms with Crippen LogP contribution >= 0.6 is 0 Å². The minimum Gasteiger partial charge on any atom is -0.384 e. The van der Waals surface area contributed by atoms with Crippen molar-refractivity contribution in [2.24, 2.45) is 5.92 Å². The van der Waals surface area contributed by atoms with E-state index in [1.54, 1.807) is 12.3 Å². The van der Waals surface area contributed by atoms with Gasteiger partial charge in [-0.1, -0.05) is 12.8 Å². The molecule has 2 aliphatic rings. The van der Waals surface area contributed by atoms with Gasteiger partial charge in [0.15, 0.2) is 5.78 Å². The minimum atomic E-state index is 0.0440. The van der Waals surface area contributed by atoms with Crippen molar-refractivity contribution in [1.82, 2.24) is 10.3 Å². The Morgan fingerprint density at radius 2 is 2.26 bits per heavy atom. The fraction of sp³-hybridized carbons (Fsp3) is 0.600. The summed E-state index contributed by atoms with van der Waals surface area (Å²) >= 11 is 0. The number of ketones is 1. The minimum absolute atomic E-state index is 0.0440. The van der Waals surface area contributed by atoms with Gasteiger partial charge in [0.2, 0.25) is 0 Å². The molecular formula is C15H21N3O. The highest BCUT2D eigenvalue weighted by Gasteiger charge is 2.37. The normalized spacial score (nSPS) is 30.0. The average molecular weight is 259 g/mol. The third-order valence-corrected chi connectivity index (χ3v) is 4.48. The van der Waals surface area contributed by atoms with Gasteiger partial charge in [0.05, 0.1) is 6.04 Å². The molecule has 2 heterocycles. The molecule has 0 radical (unpaired) electrons. The smallest absolute Gasteiger partial charge is 0.154 e. The zero-order valence-corrected chi connectivity index (χ0v) is 11.1. The molecule has 4 nitrogen and oxygen atoms in total. The summed E-state index contributed by atoms with van der Waals surface area (Å²) in [5, 5.41) is 3.53. The highest BCUT2D eigenvalue weighted by atomic mass is 16.1. The average Bonchev–Trinajstić information content (AvgIpc) is 2.82. The number of carbonyl (C=O) groups excluding carboxylic acids is 1. The van der Waals surface area contributed by atoms with Crippen molar-refractivity contribution in [2.75, 3.05) is 5.73 Å². The van der Waals surface area contributed by atoms with Crippen LogP contribution in [-0.2, 0) is 11.2 Å². The van der Waals surface area contributed by atoms with Crippen molar-refractivity contribution in [1.29, 1.82) is 0 Å². The van der Waals surface area contributed by atoms with Crippen LogP contribution in [0.5, 0.6) is 0 Å². The molecule has 1 aromatic rings. The Kier molecular flexibility index (Phi) is 3.51. The lowest BCUT2D eigenvalue weighted by Gasteiger charge is -2.24. The number of hydrogen-bond donors (Lipinski definition) is 2. The van der Waals surface area contributed by atoms with Gasteiger partial charge in [-0.25, -0.2) is 4.98 Å². The van der Waals surface area contributed by atoms with E-state index in [9.17, 15) is 4.79 Å². The first-order chi connectivity index (χ1) is 9.22. The second-order valence-corrected chi connectivity index (χ2v) is 5.84. The van der Waals surface area contributed by atoms with Crippen molar-refractivity contribution in [3.05, 3.63) is 23.9 Å². The lowest BCUT2D eigenvalue weighted by Crippen LogP contribution is -2.37. The number of pyridine rings is 1. The van der Waals surface area contributed by atoms with E-state index in [-0.39, 0.29) is 6.04 Å². The molecular weight excluding hydrogens is 238 g/mol. The molecule has 3 unspecified atom stereocenters. The standard InChI is InChI=1S/C15H21N3O/c16-15-8-10(5-6-17-15)7-14(19)13-9-11-3-1-2-4-12(11)18-13/h5-6,8,11-13,18H,1-4,7,9H2,(H2,16,17). The number of fused-ring (bicyclic) bond motifs is 1. The topological polar surface area (TPSA) is 68.0 Å². The van der Waals surface area contributed by atoms with Crippen LogP contribution in [0.25, 0.3) is 0 Å². The molecule has 19 heavy (non-hydrogen) atoms. The molecule has 0 amide bonds. The highest BCUT2D eigenvalue weighted by Crippen LogP contribution is 2.33. The van der Waals surface area contributed by atoms with Crippen LogP contribution in [0.4, 0.5) is 5.82 Å². The van der Waals surface area contributed by atoms with Crippen LogP contribution in [0.3, 0.4) is 0 Å². The van der Waals surface area contributed by atoms with Crippen molar-refractivity contribution in [2.45, 2.75) is 50.6 Å². The molecule has 0 aromatic carbocycles. The van der Waals surface area contributed by atoms with Crippen molar-refractivity contribution >= 4 is 11.6 Å². The van der Waals surface area contributed by atoms with Crippen molar-refractivity contribution < 1.29 is 4.79 Å². The van der Waals surface area contributed by atoms with E-state index in [4.69, 9.17) is 5.73 Å². The van der Waals surface area contributed by atoms with Crippen molar-refractivity contribution in [3.63, 3.8) is 0 Å². The molecule has 0 bridgehead atoms. The number of anilines is 1. The molecule has 0 spiro atoms. The Morgan fingerprint density at radius 1 is 1.42 bits per heavy atom. The summed E-state index contributed by atoms with van der Waals surface area (Å²) in [4.78, 5) is 16.3. The number of nitrogens with two attached hydrogens (primary N) is 1. The Labute approximate surface area is 113 Å². The first-order valence-corrected chi connectivity index (χ1v) is 7.21. The molecule has 1 aliphatic heterocycles. The summed E-state index contributed by atoms with van der Waals surface area (Å²) in [6.07, 6.45) is 8.29. The maximum Gasteiger partial charge on any atom is 0.154 e. The number of nitrogens with one attached hydrogen (secondary N) is 1. The quantitative estimate of drug-likeness (QED) is 0.867. The predicted molar refractivity (Wildman–Crippen MR) is 74.6 cm³/mol. The fourth-order valence-electron chi connectivity index (χ4n) is 3.49. The van der Waals surface area contributed by atoms with Gasteiger partial charge in [-0.05, 0) is 42.9 Å². The number of aromatic nitrogens is 1. The monoisotopic (exact) mass is 259 g/mol. The molecule has 1 aromatic heterocycles. The van der Waals surface area contributed by atoms with Gasteiger partial charge in [-0.2, -0.15) is 0 Å². The lowest BCUT2D eigenvalue weighted by atomic mass is 9.84. The van der Waals surface area contributed by atoms with Crippen LogP contribution in [0.2, 0.25) is 0 Å². The van der Waals surface area contributed by atoms with Gasteiger partial charge in [-0.3, -0.25) is 4.79 Å². The second kappa shape index (κ2) is 5.29. The first-order valence-electron chi connectivity index (χ1n) is 7.21. The number of hydrogen-bond acceptors (Lipinski definition) is 4. The summed E-state index contributed by atoms with van der Waals surface area (Å²) < 4.78 is 0. The maximum absolute atomic E-state index is 12.3. The molecule has 3 N–H and O–H groups in total. The summed E-state index contributed by atoms with van der Waals surface area (Å²) in [5.74, 6) is 1.49.